The maximum atomic E-state index is 13.6. The highest BCUT2D eigenvalue weighted by molar-refractivity contribution is 9.10. The van der Waals surface area contributed by atoms with E-state index in [-0.39, 0.29) is 34.8 Å². The Morgan fingerprint density at radius 3 is 2.53 bits per heavy atom. The first-order chi connectivity index (χ1) is 18.3. The normalized spacial score (nSPS) is 17.9. The monoisotopic (exact) mass is 599 g/mol. The molecule has 0 aliphatic carbocycles. The fourth-order valence-electron chi connectivity index (χ4n) is 5.33. The molecule has 0 bridgehead atoms. The molecule has 2 aliphatic heterocycles. The van der Waals surface area contributed by atoms with Crippen LogP contribution in [0.1, 0.15) is 52.8 Å². The van der Waals surface area contributed by atoms with Crippen LogP contribution in [0.25, 0.3) is 10.8 Å². The van der Waals surface area contributed by atoms with Crippen LogP contribution in [0, 0.1) is 10.1 Å². The van der Waals surface area contributed by atoms with Gasteiger partial charge in [-0.2, -0.15) is 0 Å². The van der Waals surface area contributed by atoms with Crippen molar-refractivity contribution in [1.29, 1.82) is 0 Å². The quantitative estimate of drug-likeness (QED) is 0.288. The number of halogens is 2. The Balaban J connectivity index is 1.43. The number of piperidine rings is 2. The Bertz CT molecular complexity index is 1410. The molecule has 0 unspecified atom stereocenters. The number of aromatic nitrogens is 1. The van der Waals surface area contributed by atoms with Gasteiger partial charge in [0, 0.05) is 70.9 Å². The summed E-state index contributed by atoms with van der Waals surface area (Å²) in [5, 5.41) is 17.2. The van der Waals surface area contributed by atoms with Gasteiger partial charge in [-0.1, -0.05) is 39.7 Å². The molecule has 0 radical (unpaired) electrons. The van der Waals surface area contributed by atoms with E-state index < -0.39 is 4.92 Å². The van der Waals surface area contributed by atoms with E-state index in [9.17, 15) is 19.7 Å². The van der Waals surface area contributed by atoms with Gasteiger partial charge >= 0.3 is 0 Å². The van der Waals surface area contributed by atoms with Crippen LogP contribution in [0.5, 0.6) is 0 Å². The van der Waals surface area contributed by atoms with Crippen molar-refractivity contribution in [3.05, 3.63) is 73.5 Å². The van der Waals surface area contributed by atoms with Crippen LogP contribution in [-0.2, 0) is 0 Å². The largest absolute Gasteiger partial charge is 0.374 e. The molecule has 1 aromatic heterocycles. The van der Waals surface area contributed by atoms with Gasteiger partial charge < -0.3 is 15.1 Å². The van der Waals surface area contributed by atoms with Crippen molar-refractivity contribution in [3.63, 3.8) is 0 Å². The van der Waals surface area contributed by atoms with Crippen LogP contribution in [0.2, 0.25) is 5.02 Å². The topological polar surface area (TPSA) is 109 Å². The minimum Gasteiger partial charge on any atom is -0.374 e. The SMILES string of the molecule is O=C(c1cc(Br)cc([N+](=O)[O-])c1N[C@@H]1CCCN(C(=O)c2cncc3cccc(Cl)c23)C1)N1CCCCC1. The summed E-state index contributed by atoms with van der Waals surface area (Å²) in [5.41, 5.74) is 0.710. The lowest BCUT2D eigenvalue weighted by Gasteiger charge is -2.34. The van der Waals surface area contributed by atoms with E-state index in [1.807, 2.05) is 12.1 Å². The Hall–Kier alpha value is -3.24. The third-order valence-electron chi connectivity index (χ3n) is 7.17. The predicted molar refractivity (Wildman–Crippen MR) is 150 cm³/mol. The molecule has 0 saturated carbocycles. The predicted octanol–water partition coefficient (Wildman–Crippen LogP) is 5.90. The molecule has 2 fully saturated rings. The maximum absolute atomic E-state index is 13.6. The highest BCUT2D eigenvalue weighted by Crippen LogP contribution is 2.35. The van der Waals surface area contributed by atoms with Crippen molar-refractivity contribution in [2.75, 3.05) is 31.5 Å². The number of anilines is 1. The van der Waals surface area contributed by atoms with Gasteiger partial charge in [0.25, 0.3) is 17.5 Å². The summed E-state index contributed by atoms with van der Waals surface area (Å²) in [7, 11) is 0. The first-order valence-corrected chi connectivity index (χ1v) is 13.9. The number of benzene rings is 2. The van der Waals surface area contributed by atoms with Gasteiger partial charge in [0.05, 0.1) is 16.1 Å². The third kappa shape index (κ3) is 5.33. The second kappa shape index (κ2) is 11.2. The number of hydrogen-bond donors (Lipinski definition) is 1. The van der Waals surface area contributed by atoms with Crippen LogP contribution in [0.4, 0.5) is 11.4 Å². The van der Waals surface area contributed by atoms with Gasteiger partial charge in [0.2, 0.25) is 0 Å². The molecule has 5 rings (SSSR count). The average molecular weight is 601 g/mol. The fraction of sp³-hybridized carbons (Fsp3) is 0.370. The van der Waals surface area contributed by atoms with E-state index in [4.69, 9.17) is 11.6 Å². The lowest BCUT2D eigenvalue weighted by molar-refractivity contribution is -0.384. The molecule has 198 valence electrons. The van der Waals surface area contributed by atoms with Gasteiger partial charge in [0.15, 0.2) is 0 Å². The molecule has 3 heterocycles. The number of nitro benzene ring substituents is 1. The zero-order valence-electron chi connectivity index (χ0n) is 20.7. The van der Waals surface area contributed by atoms with E-state index >= 15 is 0 Å². The summed E-state index contributed by atoms with van der Waals surface area (Å²) in [6.45, 7) is 2.13. The van der Waals surface area contributed by atoms with Gasteiger partial charge in [-0.15, -0.1) is 0 Å². The van der Waals surface area contributed by atoms with Crippen molar-refractivity contribution in [2.24, 2.45) is 0 Å². The number of hydrogen-bond acceptors (Lipinski definition) is 6. The van der Waals surface area contributed by atoms with Gasteiger partial charge in [-0.3, -0.25) is 24.7 Å². The summed E-state index contributed by atoms with van der Waals surface area (Å²) in [5.74, 6) is -0.422. The smallest absolute Gasteiger partial charge is 0.294 e. The molecule has 0 spiro atoms. The van der Waals surface area contributed by atoms with E-state index in [0.29, 0.717) is 59.5 Å². The van der Waals surface area contributed by atoms with Crippen LogP contribution in [0.15, 0.2) is 47.2 Å². The van der Waals surface area contributed by atoms with Crippen LogP contribution < -0.4 is 5.32 Å². The fourth-order valence-corrected chi connectivity index (χ4v) is 6.06. The van der Waals surface area contributed by atoms with Crippen LogP contribution in [-0.4, -0.2) is 63.7 Å². The molecular weight excluding hydrogens is 574 g/mol. The number of fused-ring (bicyclic) bond motifs is 1. The van der Waals surface area contributed by atoms with E-state index in [2.05, 4.69) is 26.2 Å². The van der Waals surface area contributed by atoms with Crippen LogP contribution in [0.3, 0.4) is 0 Å². The van der Waals surface area contributed by atoms with Crippen LogP contribution >= 0.6 is 27.5 Å². The summed E-state index contributed by atoms with van der Waals surface area (Å²) in [6, 6.07) is 8.19. The molecule has 2 aromatic carbocycles. The number of likely N-dealkylation sites (tertiary alicyclic amines) is 2. The van der Waals surface area contributed by atoms with Crippen molar-refractivity contribution < 1.29 is 14.5 Å². The Morgan fingerprint density at radius 1 is 1.03 bits per heavy atom. The number of nitrogens with zero attached hydrogens (tertiary/aromatic N) is 4. The molecular formula is C27H27BrClN5O4. The number of carbonyl (C=O) groups excluding carboxylic acids is 2. The first kappa shape index (κ1) is 26.4. The molecule has 11 heteroatoms. The number of amides is 2. The van der Waals surface area contributed by atoms with E-state index in [1.54, 1.807) is 28.1 Å². The summed E-state index contributed by atoms with van der Waals surface area (Å²) >= 11 is 9.78. The molecule has 38 heavy (non-hydrogen) atoms. The number of nitro groups is 1. The lowest BCUT2D eigenvalue weighted by atomic mass is 10.0. The second-order valence-electron chi connectivity index (χ2n) is 9.72. The minimum absolute atomic E-state index is 0.173. The summed E-state index contributed by atoms with van der Waals surface area (Å²) in [4.78, 5) is 46.3. The Labute approximate surface area is 233 Å². The lowest BCUT2D eigenvalue weighted by Crippen LogP contribution is -2.45. The molecule has 3 aromatic rings. The molecule has 2 aliphatic rings. The molecule has 2 amide bonds. The summed E-state index contributed by atoms with van der Waals surface area (Å²) < 4.78 is 0.468. The van der Waals surface area contributed by atoms with Gasteiger partial charge in [-0.25, -0.2) is 0 Å². The Morgan fingerprint density at radius 2 is 1.76 bits per heavy atom. The average Bonchev–Trinajstić information content (AvgIpc) is 2.93. The first-order valence-electron chi connectivity index (χ1n) is 12.7. The number of rotatable bonds is 5. The summed E-state index contributed by atoms with van der Waals surface area (Å²) in [6.07, 6.45) is 7.50. The van der Waals surface area contributed by atoms with Gasteiger partial charge in [0.1, 0.15) is 5.69 Å². The standard InChI is InChI=1S/C27H27BrClN5O4/c28-18-12-20(26(35)32-9-2-1-3-10-32)25(23(13-18)34(37)38)31-19-7-5-11-33(16-19)27(36)21-15-30-14-17-6-4-8-22(29)24(17)21/h4,6,8,12-15,19,31H,1-3,5,7,9-11,16H2/t19-/m1/s1. The van der Waals surface area contributed by atoms with Crippen molar-refractivity contribution >= 4 is 61.5 Å². The molecule has 9 nitrogen and oxygen atoms in total. The highest BCUT2D eigenvalue weighted by atomic mass is 79.9. The third-order valence-corrected chi connectivity index (χ3v) is 7.95. The molecule has 2 saturated heterocycles. The van der Waals surface area contributed by atoms with Crippen molar-refractivity contribution in [2.45, 2.75) is 38.1 Å². The molecule has 1 N–H and O–H groups in total. The zero-order chi connectivity index (χ0) is 26.8. The zero-order valence-corrected chi connectivity index (χ0v) is 23.0. The van der Waals surface area contributed by atoms with Crippen molar-refractivity contribution in [1.82, 2.24) is 14.8 Å². The van der Waals surface area contributed by atoms with E-state index in [0.717, 1.165) is 24.6 Å². The number of pyridine rings is 1. The Kier molecular flexibility index (Phi) is 7.80. The molecule has 1 atom stereocenters. The minimum atomic E-state index is -0.477. The highest BCUT2D eigenvalue weighted by Gasteiger charge is 2.31. The van der Waals surface area contributed by atoms with Crippen molar-refractivity contribution in [3.8, 4) is 0 Å². The number of nitrogens with one attached hydrogen (secondary N) is 1. The maximum Gasteiger partial charge on any atom is 0.294 e. The number of carbonyl (C=O) groups is 2. The van der Waals surface area contributed by atoms with Gasteiger partial charge in [-0.05, 0) is 44.2 Å². The second-order valence-corrected chi connectivity index (χ2v) is 11.0. The van der Waals surface area contributed by atoms with E-state index in [1.165, 1.54) is 12.3 Å².